The summed E-state index contributed by atoms with van der Waals surface area (Å²) in [5, 5.41) is 9.58. The Morgan fingerprint density at radius 3 is 1.24 bits per heavy atom. The summed E-state index contributed by atoms with van der Waals surface area (Å²) in [6, 6.07) is 0. The number of hydrogen-bond acceptors (Lipinski definition) is 4. The van der Waals surface area contributed by atoms with Gasteiger partial charge in [0.15, 0.2) is 0 Å². The van der Waals surface area contributed by atoms with E-state index in [9.17, 15) is 9.90 Å². The predicted molar refractivity (Wildman–Crippen MR) is 201 cm³/mol. The lowest BCUT2D eigenvalue weighted by atomic mass is 10.0. The molecular weight excluding hydrogens is 568 g/mol. The normalized spacial score (nSPS) is 12.3. The molecule has 46 heavy (non-hydrogen) atoms. The molecule has 0 rings (SSSR count). The van der Waals surface area contributed by atoms with E-state index < -0.39 is 6.10 Å². The van der Waals surface area contributed by atoms with E-state index >= 15 is 0 Å². The van der Waals surface area contributed by atoms with Crippen molar-refractivity contribution in [3.05, 3.63) is 12.2 Å². The highest BCUT2D eigenvalue weighted by Crippen LogP contribution is 2.15. The van der Waals surface area contributed by atoms with Gasteiger partial charge in [-0.2, -0.15) is 0 Å². The minimum Gasteiger partial charge on any atom is -0.457 e. The van der Waals surface area contributed by atoms with Gasteiger partial charge in [0.1, 0.15) is 6.10 Å². The van der Waals surface area contributed by atoms with Crippen LogP contribution in [0.4, 0.5) is 0 Å². The number of rotatable bonds is 39. The number of hydrogen-bond donors (Lipinski definition) is 1. The van der Waals surface area contributed by atoms with Crippen molar-refractivity contribution in [1.82, 2.24) is 0 Å². The van der Waals surface area contributed by atoms with Crippen molar-refractivity contribution >= 4 is 5.97 Å². The summed E-state index contributed by atoms with van der Waals surface area (Å²) < 4.78 is 11.1. The standard InChI is InChI=1S/C42H82O4/c1-3-5-7-9-11-13-15-17-18-19-20-21-22-23-24-25-27-29-31-33-35-37-42(44)46-41(39-43)40-45-38-36-34-32-30-28-26-16-14-12-10-8-6-4-2/h19-20,41,43H,3-18,21-40H2,1-2H3/b20-19-. The van der Waals surface area contributed by atoms with Crippen LogP contribution in [0.3, 0.4) is 0 Å². The summed E-state index contributed by atoms with van der Waals surface area (Å²) >= 11 is 0. The third-order valence-corrected chi connectivity index (χ3v) is 9.34. The van der Waals surface area contributed by atoms with Gasteiger partial charge in [-0.15, -0.1) is 0 Å². The van der Waals surface area contributed by atoms with Crippen LogP contribution >= 0.6 is 0 Å². The molecule has 0 saturated carbocycles. The molecule has 0 fully saturated rings. The second-order valence-corrected chi connectivity index (χ2v) is 14.1. The SMILES string of the molecule is CCCCCCCCCC/C=C\CCCCCCCCCCCC(=O)OC(CO)COCCCCCCCCCCCCCCC. The second kappa shape index (κ2) is 40.3. The molecule has 0 amide bonds. The van der Waals surface area contributed by atoms with Crippen molar-refractivity contribution in [2.75, 3.05) is 19.8 Å². The van der Waals surface area contributed by atoms with E-state index in [1.807, 2.05) is 0 Å². The molecule has 0 aliphatic rings. The summed E-state index contributed by atoms with van der Waals surface area (Å²) in [5.41, 5.74) is 0. The van der Waals surface area contributed by atoms with E-state index in [2.05, 4.69) is 26.0 Å². The zero-order valence-corrected chi connectivity index (χ0v) is 31.4. The molecule has 1 unspecified atom stereocenters. The average Bonchev–Trinajstić information content (AvgIpc) is 3.06. The Hall–Kier alpha value is -0.870. The van der Waals surface area contributed by atoms with E-state index in [1.54, 1.807) is 0 Å². The zero-order chi connectivity index (χ0) is 33.4. The Kier molecular flexibility index (Phi) is 39.5. The fourth-order valence-electron chi connectivity index (χ4n) is 6.21. The molecule has 1 atom stereocenters. The maximum Gasteiger partial charge on any atom is 0.306 e. The maximum absolute atomic E-state index is 12.2. The van der Waals surface area contributed by atoms with Crippen LogP contribution in [-0.4, -0.2) is 37.0 Å². The first-order valence-electron chi connectivity index (χ1n) is 20.8. The molecule has 0 aliphatic heterocycles. The van der Waals surface area contributed by atoms with E-state index in [0.717, 1.165) is 19.3 Å². The molecule has 0 heterocycles. The third kappa shape index (κ3) is 37.6. The minimum absolute atomic E-state index is 0.167. The Balaban J connectivity index is 3.39. The van der Waals surface area contributed by atoms with Gasteiger partial charge >= 0.3 is 5.97 Å². The Morgan fingerprint density at radius 2 is 0.848 bits per heavy atom. The molecular formula is C42H82O4. The minimum atomic E-state index is -0.528. The summed E-state index contributed by atoms with van der Waals surface area (Å²) in [5.74, 6) is -0.199. The number of ether oxygens (including phenoxy) is 2. The lowest BCUT2D eigenvalue weighted by molar-refractivity contribution is -0.154. The fraction of sp³-hybridized carbons (Fsp3) is 0.929. The Bertz CT molecular complexity index is 604. The average molecular weight is 651 g/mol. The summed E-state index contributed by atoms with van der Waals surface area (Å²) in [7, 11) is 0. The fourth-order valence-corrected chi connectivity index (χ4v) is 6.21. The molecule has 0 bridgehead atoms. The highest BCUT2D eigenvalue weighted by Gasteiger charge is 2.13. The van der Waals surface area contributed by atoms with Crippen molar-refractivity contribution < 1.29 is 19.4 Å². The van der Waals surface area contributed by atoms with Crippen LogP contribution in [0, 0.1) is 0 Å². The highest BCUT2D eigenvalue weighted by atomic mass is 16.6. The molecule has 4 nitrogen and oxygen atoms in total. The first-order valence-corrected chi connectivity index (χ1v) is 20.8. The van der Waals surface area contributed by atoms with Crippen LogP contribution in [0.2, 0.25) is 0 Å². The van der Waals surface area contributed by atoms with Gasteiger partial charge in [0.2, 0.25) is 0 Å². The van der Waals surface area contributed by atoms with Crippen molar-refractivity contribution in [2.45, 2.75) is 232 Å². The van der Waals surface area contributed by atoms with Crippen molar-refractivity contribution in [1.29, 1.82) is 0 Å². The van der Waals surface area contributed by atoms with Gasteiger partial charge in [0.25, 0.3) is 0 Å². The second-order valence-electron chi connectivity index (χ2n) is 14.1. The lowest BCUT2D eigenvalue weighted by Gasteiger charge is -2.16. The first kappa shape index (κ1) is 45.1. The van der Waals surface area contributed by atoms with Crippen molar-refractivity contribution in [3.8, 4) is 0 Å². The number of esters is 1. The summed E-state index contributed by atoms with van der Waals surface area (Å²) in [6.07, 6.45) is 46.9. The topological polar surface area (TPSA) is 55.8 Å². The van der Waals surface area contributed by atoms with Gasteiger partial charge in [0.05, 0.1) is 13.2 Å². The molecule has 0 aliphatic carbocycles. The summed E-state index contributed by atoms with van der Waals surface area (Å²) in [4.78, 5) is 12.2. The smallest absolute Gasteiger partial charge is 0.306 e. The van der Waals surface area contributed by atoms with Gasteiger partial charge in [0, 0.05) is 13.0 Å². The maximum atomic E-state index is 12.2. The molecule has 0 aromatic heterocycles. The van der Waals surface area contributed by atoms with Crippen molar-refractivity contribution in [2.24, 2.45) is 0 Å². The molecule has 0 spiro atoms. The predicted octanol–water partition coefficient (Wildman–Crippen LogP) is 13.4. The quantitative estimate of drug-likeness (QED) is 0.0408. The number of aliphatic hydroxyl groups is 1. The number of allylic oxidation sites excluding steroid dienone is 2. The van der Waals surface area contributed by atoms with Crippen molar-refractivity contribution in [3.63, 3.8) is 0 Å². The van der Waals surface area contributed by atoms with Gasteiger partial charge < -0.3 is 14.6 Å². The van der Waals surface area contributed by atoms with Crippen LogP contribution < -0.4 is 0 Å². The van der Waals surface area contributed by atoms with E-state index in [0.29, 0.717) is 19.6 Å². The van der Waals surface area contributed by atoms with Crippen LogP contribution in [0.5, 0.6) is 0 Å². The monoisotopic (exact) mass is 651 g/mol. The van der Waals surface area contributed by atoms with Crippen LogP contribution in [0.1, 0.15) is 226 Å². The van der Waals surface area contributed by atoms with Crippen LogP contribution in [-0.2, 0) is 14.3 Å². The molecule has 0 aromatic rings. The molecule has 274 valence electrons. The van der Waals surface area contributed by atoms with Gasteiger partial charge in [-0.25, -0.2) is 0 Å². The Morgan fingerprint density at radius 1 is 0.500 bits per heavy atom. The number of aliphatic hydroxyl groups excluding tert-OH is 1. The first-order chi connectivity index (χ1) is 22.7. The lowest BCUT2D eigenvalue weighted by Crippen LogP contribution is -2.27. The number of unbranched alkanes of at least 4 members (excludes halogenated alkanes) is 29. The third-order valence-electron chi connectivity index (χ3n) is 9.34. The Labute approximate surface area is 288 Å². The number of carbonyl (C=O) groups is 1. The molecule has 4 heteroatoms. The molecule has 0 aromatic carbocycles. The van der Waals surface area contributed by atoms with Crippen LogP contribution in [0.15, 0.2) is 12.2 Å². The van der Waals surface area contributed by atoms with Crippen LogP contribution in [0.25, 0.3) is 0 Å². The van der Waals surface area contributed by atoms with Gasteiger partial charge in [-0.05, 0) is 38.5 Å². The molecule has 0 radical (unpaired) electrons. The largest absolute Gasteiger partial charge is 0.457 e. The molecule has 0 saturated heterocycles. The van der Waals surface area contributed by atoms with E-state index in [-0.39, 0.29) is 12.6 Å². The number of carbonyl (C=O) groups excluding carboxylic acids is 1. The van der Waals surface area contributed by atoms with E-state index in [4.69, 9.17) is 9.47 Å². The highest BCUT2D eigenvalue weighted by molar-refractivity contribution is 5.69. The summed E-state index contributed by atoms with van der Waals surface area (Å²) in [6.45, 7) is 5.38. The van der Waals surface area contributed by atoms with E-state index in [1.165, 1.54) is 186 Å². The van der Waals surface area contributed by atoms with Gasteiger partial charge in [-0.1, -0.05) is 193 Å². The van der Waals surface area contributed by atoms with Gasteiger partial charge in [-0.3, -0.25) is 4.79 Å². The zero-order valence-electron chi connectivity index (χ0n) is 31.4. The molecule has 1 N–H and O–H groups in total.